The average molecular weight is 281 g/mol. The van der Waals surface area contributed by atoms with Gasteiger partial charge in [-0.15, -0.1) is 11.3 Å². The second kappa shape index (κ2) is 5.47. The van der Waals surface area contributed by atoms with Crippen molar-refractivity contribution in [2.75, 3.05) is 11.9 Å². The van der Waals surface area contributed by atoms with Crippen molar-refractivity contribution in [2.45, 2.75) is 6.54 Å². The van der Waals surface area contributed by atoms with Gasteiger partial charge in [0.1, 0.15) is 0 Å². The van der Waals surface area contributed by atoms with Crippen molar-refractivity contribution in [3.05, 3.63) is 75.8 Å². The van der Waals surface area contributed by atoms with E-state index in [1.54, 1.807) is 11.3 Å². The molecule has 0 spiro atoms. The molecular formula is C17H15NOS. The van der Waals surface area contributed by atoms with Crippen molar-refractivity contribution < 1.29 is 0 Å². The number of hydrogen-bond acceptors (Lipinski definition) is 3. The van der Waals surface area contributed by atoms with Crippen LogP contribution in [0.3, 0.4) is 0 Å². The van der Waals surface area contributed by atoms with E-state index in [4.69, 9.17) is 0 Å². The summed E-state index contributed by atoms with van der Waals surface area (Å²) in [5.74, 6) is 0. The first-order valence-electron chi connectivity index (χ1n) is 6.51. The van der Waals surface area contributed by atoms with Crippen LogP contribution in [0.1, 0.15) is 5.56 Å². The largest absolute Gasteiger partial charge is 0.366 e. The van der Waals surface area contributed by atoms with E-state index in [0.717, 1.165) is 22.3 Å². The van der Waals surface area contributed by atoms with E-state index in [1.165, 1.54) is 5.56 Å². The maximum absolute atomic E-state index is 12.5. The highest BCUT2D eigenvalue weighted by molar-refractivity contribution is 7.16. The summed E-state index contributed by atoms with van der Waals surface area (Å²) in [5, 5.41) is 2.75. The van der Waals surface area contributed by atoms with Gasteiger partial charge in [-0.2, -0.15) is 0 Å². The Bertz CT molecular complexity index is 780. The Balaban J connectivity index is 1.98. The van der Waals surface area contributed by atoms with Gasteiger partial charge in [-0.1, -0.05) is 42.5 Å². The predicted octanol–water partition coefficient (Wildman–Crippen LogP) is 3.90. The van der Waals surface area contributed by atoms with Gasteiger partial charge in [0.25, 0.3) is 0 Å². The van der Waals surface area contributed by atoms with Gasteiger partial charge in [0, 0.05) is 29.1 Å². The van der Waals surface area contributed by atoms with E-state index >= 15 is 0 Å². The summed E-state index contributed by atoms with van der Waals surface area (Å²) >= 11 is 1.61. The highest BCUT2D eigenvalue weighted by Crippen LogP contribution is 2.21. The summed E-state index contributed by atoms with van der Waals surface area (Å²) in [6.45, 7) is 0.737. The van der Waals surface area contributed by atoms with E-state index in [9.17, 15) is 4.79 Å². The third kappa shape index (κ3) is 2.45. The van der Waals surface area contributed by atoms with Crippen LogP contribution in [0.2, 0.25) is 0 Å². The van der Waals surface area contributed by atoms with E-state index in [1.807, 2.05) is 59.8 Å². The molecule has 0 radical (unpaired) electrons. The van der Waals surface area contributed by atoms with Crippen molar-refractivity contribution >= 4 is 27.1 Å². The van der Waals surface area contributed by atoms with Crippen molar-refractivity contribution in [1.29, 1.82) is 0 Å². The summed E-state index contributed by atoms with van der Waals surface area (Å²) in [5.41, 5.74) is 2.07. The van der Waals surface area contributed by atoms with Crippen LogP contribution < -0.4 is 10.3 Å². The lowest BCUT2D eigenvalue weighted by Crippen LogP contribution is -2.22. The minimum Gasteiger partial charge on any atom is -0.366 e. The monoisotopic (exact) mass is 281 g/mol. The Morgan fingerprint density at radius 3 is 2.50 bits per heavy atom. The quantitative estimate of drug-likeness (QED) is 0.725. The number of benzene rings is 2. The summed E-state index contributed by atoms with van der Waals surface area (Å²) < 4.78 is 1.04. The Labute approximate surface area is 121 Å². The number of rotatable bonds is 3. The van der Waals surface area contributed by atoms with Crippen LogP contribution in [0.15, 0.2) is 64.8 Å². The maximum atomic E-state index is 12.5. The third-order valence-corrected chi connectivity index (χ3v) is 4.29. The molecule has 0 fully saturated rings. The molecule has 3 heteroatoms. The van der Waals surface area contributed by atoms with Gasteiger partial charge >= 0.3 is 0 Å². The van der Waals surface area contributed by atoms with Gasteiger partial charge in [0.05, 0.1) is 5.69 Å². The number of nitrogens with zero attached hydrogens (tertiary/aromatic N) is 1. The zero-order valence-corrected chi connectivity index (χ0v) is 12.1. The lowest BCUT2D eigenvalue weighted by molar-refractivity contribution is 0.921. The predicted molar refractivity (Wildman–Crippen MR) is 86.6 cm³/mol. The van der Waals surface area contributed by atoms with Gasteiger partial charge in [-0.25, -0.2) is 0 Å². The SMILES string of the molecule is CN(Cc1ccccc1)c1csc2ccccc2c1=O. The van der Waals surface area contributed by atoms with Crippen LogP contribution in [-0.2, 0) is 6.54 Å². The molecule has 1 aromatic heterocycles. The molecule has 0 aliphatic rings. The number of hydrogen-bond donors (Lipinski definition) is 0. The molecular weight excluding hydrogens is 266 g/mol. The zero-order chi connectivity index (χ0) is 13.9. The van der Waals surface area contributed by atoms with Crippen LogP contribution in [0.4, 0.5) is 5.69 Å². The maximum Gasteiger partial charge on any atom is 0.211 e. The molecule has 1 heterocycles. The van der Waals surface area contributed by atoms with Gasteiger partial charge < -0.3 is 4.90 Å². The fourth-order valence-electron chi connectivity index (χ4n) is 2.27. The molecule has 0 unspecified atom stereocenters. The molecule has 2 nitrogen and oxygen atoms in total. The molecule has 0 aliphatic carbocycles. The van der Waals surface area contributed by atoms with Gasteiger partial charge in [0.15, 0.2) is 0 Å². The van der Waals surface area contributed by atoms with Crippen molar-refractivity contribution in [3.8, 4) is 0 Å². The van der Waals surface area contributed by atoms with Gasteiger partial charge in [-0.3, -0.25) is 4.79 Å². The summed E-state index contributed by atoms with van der Waals surface area (Å²) in [6.07, 6.45) is 0. The first-order chi connectivity index (χ1) is 9.75. The molecule has 0 atom stereocenters. The highest BCUT2D eigenvalue weighted by atomic mass is 32.1. The molecule has 3 aromatic rings. The Morgan fingerprint density at radius 1 is 1.00 bits per heavy atom. The molecule has 100 valence electrons. The number of anilines is 1. The molecule has 20 heavy (non-hydrogen) atoms. The lowest BCUT2D eigenvalue weighted by Gasteiger charge is -2.18. The molecule has 0 aliphatic heterocycles. The van der Waals surface area contributed by atoms with E-state index in [0.29, 0.717) is 0 Å². The average Bonchev–Trinajstić information content (AvgIpc) is 2.49. The molecule has 0 N–H and O–H groups in total. The minimum absolute atomic E-state index is 0.109. The zero-order valence-electron chi connectivity index (χ0n) is 11.2. The third-order valence-electron chi connectivity index (χ3n) is 3.34. The second-order valence-corrected chi connectivity index (χ2v) is 5.70. The molecule has 3 rings (SSSR count). The van der Waals surface area contributed by atoms with Crippen LogP contribution in [0.5, 0.6) is 0 Å². The first kappa shape index (κ1) is 12.9. The number of fused-ring (bicyclic) bond motifs is 1. The molecule has 0 saturated heterocycles. The summed E-state index contributed by atoms with van der Waals surface area (Å²) in [6, 6.07) is 17.9. The van der Waals surface area contributed by atoms with E-state index in [2.05, 4.69) is 12.1 Å². The fourth-order valence-corrected chi connectivity index (χ4v) is 3.24. The van der Waals surface area contributed by atoms with Crippen LogP contribution >= 0.6 is 11.3 Å². The van der Waals surface area contributed by atoms with Crippen molar-refractivity contribution in [2.24, 2.45) is 0 Å². The minimum atomic E-state index is 0.109. The Kier molecular flexibility index (Phi) is 3.52. The van der Waals surface area contributed by atoms with Crippen molar-refractivity contribution in [3.63, 3.8) is 0 Å². The molecule has 0 saturated carbocycles. The van der Waals surface area contributed by atoms with Crippen LogP contribution in [-0.4, -0.2) is 7.05 Å². The van der Waals surface area contributed by atoms with Gasteiger partial charge in [-0.05, 0) is 17.7 Å². The van der Waals surface area contributed by atoms with Crippen molar-refractivity contribution in [1.82, 2.24) is 0 Å². The van der Waals surface area contributed by atoms with E-state index in [-0.39, 0.29) is 5.43 Å². The smallest absolute Gasteiger partial charge is 0.211 e. The van der Waals surface area contributed by atoms with Crippen LogP contribution in [0, 0.1) is 0 Å². The normalized spacial score (nSPS) is 10.7. The molecule has 0 bridgehead atoms. The topological polar surface area (TPSA) is 20.3 Å². The lowest BCUT2D eigenvalue weighted by atomic mass is 10.2. The fraction of sp³-hybridized carbons (Fsp3) is 0.118. The summed E-state index contributed by atoms with van der Waals surface area (Å²) in [7, 11) is 1.96. The Hall–Kier alpha value is -2.13. The first-order valence-corrected chi connectivity index (χ1v) is 7.39. The standard InChI is InChI=1S/C17H15NOS/c1-18(11-13-7-3-2-4-8-13)15-12-20-16-10-6-5-9-14(16)17(15)19/h2-10,12H,11H2,1H3. The van der Waals surface area contributed by atoms with Crippen LogP contribution in [0.25, 0.3) is 10.1 Å². The molecule has 2 aromatic carbocycles. The highest BCUT2D eigenvalue weighted by Gasteiger charge is 2.09. The summed E-state index contributed by atoms with van der Waals surface area (Å²) in [4.78, 5) is 14.5. The second-order valence-electron chi connectivity index (χ2n) is 4.79. The van der Waals surface area contributed by atoms with E-state index < -0.39 is 0 Å². The van der Waals surface area contributed by atoms with Gasteiger partial charge in [0.2, 0.25) is 5.43 Å². The Morgan fingerprint density at radius 2 is 1.70 bits per heavy atom. The molecule has 0 amide bonds.